The Balaban J connectivity index is 1.27. The number of unbranched alkanes of at least 4 members (excludes halogenated alkanes) is 7. The highest BCUT2D eigenvalue weighted by Crippen LogP contribution is 2.30. The van der Waals surface area contributed by atoms with Crippen molar-refractivity contribution in [3.63, 3.8) is 0 Å². The molecule has 112 heavy (non-hydrogen) atoms. The van der Waals surface area contributed by atoms with Crippen molar-refractivity contribution >= 4 is 59.1 Å². The number of rotatable bonds is 58. The molecule has 10 amide bonds. The van der Waals surface area contributed by atoms with Gasteiger partial charge in [0.2, 0.25) is 59.1 Å². The number of amides is 10. The minimum Gasteiger partial charge on any atom is -0.394 e. The van der Waals surface area contributed by atoms with Crippen molar-refractivity contribution in [3.8, 4) is 0 Å². The first kappa shape index (κ1) is 98.3. The summed E-state index contributed by atoms with van der Waals surface area (Å²) in [7, 11) is 1.66. The smallest absolute Gasteiger partial charge is 0.223 e. The quantitative estimate of drug-likeness (QED) is 0.0253. The van der Waals surface area contributed by atoms with Crippen LogP contribution in [0.1, 0.15) is 156 Å². The molecule has 3 saturated heterocycles. The minimum absolute atomic E-state index is 0.0360. The Morgan fingerprint density at radius 2 is 0.705 bits per heavy atom. The molecule has 4 rings (SSSR count). The second kappa shape index (κ2) is 57.1. The van der Waals surface area contributed by atoms with Gasteiger partial charge < -0.3 is 146 Å². The number of hydrogen-bond donors (Lipinski definition) is 19. The van der Waals surface area contributed by atoms with Crippen LogP contribution in [-0.4, -0.2) is 335 Å². The summed E-state index contributed by atoms with van der Waals surface area (Å²) in [6.45, 7) is 4.02. The van der Waals surface area contributed by atoms with E-state index < -0.39 is 141 Å². The third kappa shape index (κ3) is 38.6. The lowest BCUT2D eigenvalue weighted by molar-refractivity contribution is -0.272. The van der Waals surface area contributed by atoms with Crippen LogP contribution in [0.2, 0.25) is 0 Å². The Labute approximate surface area is 654 Å². The highest BCUT2D eigenvalue weighted by atomic mass is 16.7. The molecule has 16 atom stereocenters. The maximum absolute atomic E-state index is 14.4. The predicted octanol–water partition coefficient (Wildman–Crippen LogP) is -5.20. The number of carbonyl (C=O) groups excluding carboxylic acids is 10. The molecule has 19 N–H and O–H groups in total. The van der Waals surface area contributed by atoms with Crippen LogP contribution in [0.4, 0.5) is 0 Å². The fourth-order valence-corrected chi connectivity index (χ4v) is 13.4. The first-order valence-electron chi connectivity index (χ1n) is 39.5. The van der Waals surface area contributed by atoms with Crippen molar-refractivity contribution in [1.29, 1.82) is 0 Å². The van der Waals surface area contributed by atoms with Crippen molar-refractivity contribution in [2.45, 2.75) is 254 Å². The number of nitrogens with one attached hydrogen (secondary N) is 10. The first-order chi connectivity index (χ1) is 53.8. The van der Waals surface area contributed by atoms with E-state index in [1.54, 1.807) is 7.11 Å². The summed E-state index contributed by atoms with van der Waals surface area (Å²) in [6, 6.07) is -3.31. The summed E-state index contributed by atoms with van der Waals surface area (Å²) >= 11 is 0. The van der Waals surface area contributed by atoms with E-state index in [1.807, 2.05) is 0 Å². The summed E-state index contributed by atoms with van der Waals surface area (Å²) in [5.74, 6) is -5.03. The largest absolute Gasteiger partial charge is 0.394 e. The van der Waals surface area contributed by atoms with Crippen LogP contribution < -0.4 is 53.2 Å². The molecule has 3 heterocycles. The Morgan fingerprint density at radius 3 is 1.04 bits per heavy atom. The minimum atomic E-state index is -1.46. The molecule has 0 spiro atoms. The number of aliphatic hydroxyl groups is 9. The predicted molar refractivity (Wildman–Crippen MR) is 396 cm³/mol. The van der Waals surface area contributed by atoms with Crippen LogP contribution in [0.3, 0.4) is 0 Å². The molecule has 16 unspecified atom stereocenters. The molecule has 0 aromatic carbocycles. The van der Waals surface area contributed by atoms with Gasteiger partial charge in [0.25, 0.3) is 0 Å². The molecule has 1 aliphatic carbocycles. The summed E-state index contributed by atoms with van der Waals surface area (Å²) in [4.78, 5) is 129. The zero-order valence-corrected chi connectivity index (χ0v) is 65.4. The van der Waals surface area contributed by atoms with E-state index >= 15 is 0 Å². The average molecular weight is 1610 g/mol. The lowest BCUT2D eigenvalue weighted by Gasteiger charge is -2.42. The molecule has 646 valence electrons. The molecular formula is C73H130N10O29. The third-order valence-electron chi connectivity index (χ3n) is 19.6. The van der Waals surface area contributed by atoms with Gasteiger partial charge in [-0.3, -0.25) is 47.9 Å². The Morgan fingerprint density at radius 1 is 0.375 bits per heavy atom. The standard InChI is InChI=1S/C73H130N10O29/c1-45(87)81-60-66(98)63(95)52(42-84)110-71(60)107-37-34-104-31-28-76-55(90)17-8-5-12-24-74-58(93)40-49(41-59(94)75-25-13-6-9-18-56(91)77-29-32-105-35-38-108-72-61(82-46(2)88)67(99)64(96)53(43-85)111-72)51(16-11-15-27-79-69(101)48-20-22-50(103-4)23-21-48)70(102)80-26-14-7-10-19-57(92)78-30-33-106-36-39-109-73-62(83-47(3)89)68(100)65(97)54(44-86)112-73/h48-54,60-68,71-73,84-86,95-100H,5-44H2,1-4H3,(H,74,93)(H,75,94)(H,76,90)(H,77,91)(H,78,92)(H,79,101)(H,80,102)(H,81,87)(H,82,88)(H,83,89). The summed E-state index contributed by atoms with van der Waals surface area (Å²) in [6.07, 6.45) is -6.31. The maximum Gasteiger partial charge on any atom is 0.223 e. The Bertz CT molecular complexity index is 2630. The van der Waals surface area contributed by atoms with E-state index in [0.717, 1.165) is 12.8 Å². The van der Waals surface area contributed by atoms with Crippen LogP contribution in [0.25, 0.3) is 0 Å². The van der Waals surface area contributed by atoms with Crippen molar-refractivity contribution < 1.29 is 141 Å². The molecule has 0 aromatic heterocycles. The summed E-state index contributed by atoms with van der Waals surface area (Å²) in [5, 5.41) is 119. The SMILES string of the molecule is COC1CCC(C(=O)NCCCCC(C(=O)NCCCCCC(=O)NCCOCCOC2OC(CO)C(O)C(O)C2NC(C)=O)C(CC(=O)NCCCCCC(=O)NCCOCCOC2OC(CO)C(O)C(O)C2NC(C)=O)CC(=O)NCCCCCC(=O)NCCOCCOC2OC(CO)C(O)C(O)C2NC(C)=O)CC1. The summed E-state index contributed by atoms with van der Waals surface area (Å²) < 4.78 is 55.7. The van der Waals surface area contributed by atoms with Gasteiger partial charge in [0.15, 0.2) is 18.9 Å². The molecule has 4 aliphatic rings. The van der Waals surface area contributed by atoms with E-state index in [4.69, 9.17) is 47.4 Å². The molecule has 1 saturated carbocycles. The van der Waals surface area contributed by atoms with Crippen LogP contribution in [0.5, 0.6) is 0 Å². The molecule has 4 fully saturated rings. The summed E-state index contributed by atoms with van der Waals surface area (Å²) in [5.41, 5.74) is 0. The third-order valence-corrected chi connectivity index (χ3v) is 19.6. The second-order valence-corrected chi connectivity index (χ2v) is 28.5. The van der Waals surface area contributed by atoms with Crippen LogP contribution in [0.15, 0.2) is 0 Å². The van der Waals surface area contributed by atoms with Crippen molar-refractivity contribution in [3.05, 3.63) is 0 Å². The number of carbonyl (C=O) groups is 10. The lowest BCUT2D eigenvalue weighted by Crippen LogP contribution is -2.64. The molecule has 0 radical (unpaired) electrons. The van der Waals surface area contributed by atoms with E-state index in [0.29, 0.717) is 90.0 Å². The maximum atomic E-state index is 14.4. The monoisotopic (exact) mass is 1610 g/mol. The number of aliphatic hydroxyl groups excluding tert-OH is 9. The lowest BCUT2D eigenvalue weighted by atomic mass is 9.82. The van der Waals surface area contributed by atoms with E-state index in [1.165, 1.54) is 20.8 Å². The molecular weight excluding hydrogens is 1480 g/mol. The van der Waals surface area contributed by atoms with Gasteiger partial charge in [0.05, 0.1) is 85.4 Å². The van der Waals surface area contributed by atoms with E-state index in [-0.39, 0.29) is 191 Å². The van der Waals surface area contributed by atoms with Gasteiger partial charge in [-0.25, -0.2) is 0 Å². The molecule has 39 heteroatoms. The average Bonchev–Trinajstić information content (AvgIpc) is 0.818. The van der Waals surface area contributed by atoms with Gasteiger partial charge in [-0.15, -0.1) is 0 Å². The normalized spacial score (nSPS) is 26.3. The van der Waals surface area contributed by atoms with Crippen molar-refractivity contribution in [2.24, 2.45) is 17.8 Å². The molecule has 39 nitrogen and oxygen atoms in total. The van der Waals surface area contributed by atoms with Crippen molar-refractivity contribution in [2.75, 3.05) is 132 Å². The molecule has 0 bridgehead atoms. The Kier molecular flexibility index (Phi) is 50.1. The second-order valence-electron chi connectivity index (χ2n) is 28.5. The zero-order valence-electron chi connectivity index (χ0n) is 65.4. The zero-order chi connectivity index (χ0) is 82.2. The molecule has 0 aromatic rings. The van der Waals surface area contributed by atoms with Gasteiger partial charge in [0.1, 0.15) is 73.1 Å². The highest BCUT2D eigenvalue weighted by Gasteiger charge is 2.48. The number of ether oxygens (including phenoxy) is 10. The Hall–Kier alpha value is -6.06. The van der Waals surface area contributed by atoms with Gasteiger partial charge in [-0.05, 0) is 83.0 Å². The number of hydrogen-bond acceptors (Lipinski definition) is 29. The van der Waals surface area contributed by atoms with Crippen LogP contribution >= 0.6 is 0 Å². The van der Waals surface area contributed by atoms with Crippen LogP contribution in [-0.2, 0) is 95.3 Å². The first-order valence-corrected chi connectivity index (χ1v) is 39.5. The fourth-order valence-electron chi connectivity index (χ4n) is 13.4. The topological polar surface area (TPSA) is 565 Å². The van der Waals surface area contributed by atoms with Gasteiger partial charge >= 0.3 is 0 Å². The van der Waals surface area contributed by atoms with E-state index in [9.17, 15) is 93.9 Å². The molecule has 3 aliphatic heterocycles. The van der Waals surface area contributed by atoms with Crippen molar-refractivity contribution in [1.82, 2.24) is 53.2 Å². The van der Waals surface area contributed by atoms with Crippen LogP contribution in [0, 0.1) is 17.8 Å². The number of methoxy groups -OCH3 is 1. The van der Waals surface area contributed by atoms with Gasteiger partial charge in [0, 0.05) is 118 Å². The van der Waals surface area contributed by atoms with Gasteiger partial charge in [-0.2, -0.15) is 0 Å². The van der Waals surface area contributed by atoms with E-state index in [2.05, 4.69) is 53.2 Å². The highest BCUT2D eigenvalue weighted by molar-refractivity contribution is 5.84. The fraction of sp³-hybridized carbons (Fsp3) is 0.863. The van der Waals surface area contributed by atoms with Gasteiger partial charge in [-0.1, -0.05) is 25.7 Å².